The van der Waals surface area contributed by atoms with E-state index in [1.54, 1.807) is 6.92 Å². The third-order valence-electron chi connectivity index (χ3n) is 5.06. The molecule has 1 aromatic carbocycles. The van der Waals surface area contributed by atoms with Gasteiger partial charge in [0.2, 0.25) is 5.43 Å². The van der Waals surface area contributed by atoms with Crippen molar-refractivity contribution in [3.05, 3.63) is 63.1 Å². The number of carbonyl (C=O) groups is 2. The predicted molar refractivity (Wildman–Crippen MR) is 95.3 cm³/mol. The van der Waals surface area contributed by atoms with E-state index in [0.717, 1.165) is 6.07 Å². The second kappa shape index (κ2) is 6.96. The lowest BCUT2D eigenvalue weighted by molar-refractivity contribution is 0.00624. The van der Waals surface area contributed by atoms with E-state index in [9.17, 15) is 28.3 Å². The first kappa shape index (κ1) is 19.1. The minimum Gasteiger partial charge on any atom is -0.503 e. The van der Waals surface area contributed by atoms with Gasteiger partial charge < -0.3 is 24.6 Å². The second-order valence-corrected chi connectivity index (χ2v) is 6.99. The third-order valence-corrected chi connectivity index (χ3v) is 5.06. The van der Waals surface area contributed by atoms with Gasteiger partial charge >= 0.3 is 0 Å². The first-order chi connectivity index (χ1) is 13.8. The lowest BCUT2D eigenvalue weighted by Crippen LogP contribution is -2.49. The van der Waals surface area contributed by atoms with Gasteiger partial charge in [-0.15, -0.1) is 0 Å². The number of amides is 2. The van der Waals surface area contributed by atoms with E-state index in [2.05, 4.69) is 5.32 Å². The fourth-order valence-corrected chi connectivity index (χ4v) is 3.57. The maximum absolute atomic E-state index is 13.7. The average Bonchev–Trinajstić information content (AvgIpc) is 3.04. The van der Waals surface area contributed by atoms with Crippen LogP contribution in [0.2, 0.25) is 0 Å². The Bertz CT molecular complexity index is 1080. The van der Waals surface area contributed by atoms with Crippen molar-refractivity contribution in [1.29, 1.82) is 0 Å². The Morgan fingerprint density at radius 2 is 2.10 bits per heavy atom. The maximum atomic E-state index is 13.7. The summed E-state index contributed by atoms with van der Waals surface area (Å²) >= 11 is 0. The molecule has 2 atom stereocenters. The van der Waals surface area contributed by atoms with E-state index in [1.807, 2.05) is 0 Å². The van der Waals surface area contributed by atoms with Crippen LogP contribution in [0.25, 0.3) is 0 Å². The molecule has 1 unspecified atom stereocenters. The van der Waals surface area contributed by atoms with Crippen molar-refractivity contribution in [1.82, 2.24) is 14.8 Å². The zero-order valence-electron chi connectivity index (χ0n) is 15.3. The third kappa shape index (κ3) is 3.15. The van der Waals surface area contributed by atoms with Crippen LogP contribution < -0.4 is 10.7 Å². The number of nitrogens with one attached hydrogen (secondary N) is 1. The minimum atomic E-state index is -1.01. The van der Waals surface area contributed by atoms with Gasteiger partial charge in [-0.2, -0.15) is 0 Å². The van der Waals surface area contributed by atoms with Gasteiger partial charge in [0.15, 0.2) is 17.7 Å². The number of nitrogens with zero attached hydrogens (tertiary/aromatic N) is 2. The van der Waals surface area contributed by atoms with Gasteiger partial charge in [-0.25, -0.2) is 8.78 Å². The van der Waals surface area contributed by atoms with E-state index in [0.29, 0.717) is 12.7 Å². The Morgan fingerprint density at radius 1 is 1.34 bits per heavy atom. The number of pyridine rings is 1. The standard InChI is InChI=1S/C19H17F2N3O5/c1-9-8-29-14-7-23-6-12(16(25)17(26)15(23)19(28)24(9)14)18(27)22-5-10-2-3-11(20)4-13(10)21/h2-4,6,9,14,26H,5,7-8H2,1H3,(H,22,27)/t9?,14-/m0/s1. The summed E-state index contributed by atoms with van der Waals surface area (Å²) in [5, 5.41) is 12.7. The summed E-state index contributed by atoms with van der Waals surface area (Å²) in [6, 6.07) is 2.70. The van der Waals surface area contributed by atoms with Gasteiger partial charge in [-0.1, -0.05) is 6.07 Å². The SMILES string of the molecule is CC1CO[C@H]2Cn3cc(C(=O)NCc4ccc(F)cc4F)c(=O)c(O)c3C(=O)N12. The number of hydrogen-bond donors (Lipinski definition) is 2. The lowest BCUT2D eigenvalue weighted by Gasteiger charge is -2.33. The number of rotatable bonds is 3. The van der Waals surface area contributed by atoms with Crippen molar-refractivity contribution >= 4 is 11.8 Å². The van der Waals surface area contributed by atoms with Crippen LogP contribution in [-0.4, -0.2) is 45.3 Å². The van der Waals surface area contributed by atoms with Gasteiger partial charge in [0.25, 0.3) is 11.8 Å². The summed E-state index contributed by atoms with van der Waals surface area (Å²) in [4.78, 5) is 39.1. The van der Waals surface area contributed by atoms with Crippen LogP contribution in [0.5, 0.6) is 5.75 Å². The molecule has 2 N–H and O–H groups in total. The summed E-state index contributed by atoms with van der Waals surface area (Å²) in [7, 11) is 0. The molecule has 1 saturated heterocycles. The van der Waals surface area contributed by atoms with Crippen molar-refractivity contribution < 1.29 is 28.2 Å². The molecular formula is C19H17F2N3O5. The molecule has 2 aromatic rings. The molecule has 0 saturated carbocycles. The highest BCUT2D eigenvalue weighted by Gasteiger charge is 2.42. The quantitative estimate of drug-likeness (QED) is 0.792. The normalized spacial score (nSPS) is 20.4. The lowest BCUT2D eigenvalue weighted by atomic mass is 10.1. The number of fused-ring (bicyclic) bond motifs is 2. The zero-order valence-corrected chi connectivity index (χ0v) is 15.3. The molecule has 2 aliphatic rings. The predicted octanol–water partition coefficient (Wildman–Crippen LogP) is 0.963. The highest BCUT2D eigenvalue weighted by Crippen LogP contribution is 2.29. The van der Waals surface area contributed by atoms with Crippen LogP contribution in [-0.2, 0) is 17.8 Å². The Hall–Kier alpha value is -3.27. The van der Waals surface area contributed by atoms with E-state index in [-0.39, 0.29) is 30.4 Å². The summed E-state index contributed by atoms with van der Waals surface area (Å²) in [6.45, 7) is 1.97. The Balaban J connectivity index is 1.62. The Labute approximate surface area is 163 Å². The molecule has 3 heterocycles. The fourth-order valence-electron chi connectivity index (χ4n) is 3.57. The summed E-state index contributed by atoms with van der Waals surface area (Å²) in [6.07, 6.45) is 0.617. The van der Waals surface area contributed by atoms with Crippen molar-refractivity contribution in [2.24, 2.45) is 0 Å². The van der Waals surface area contributed by atoms with Crippen LogP contribution in [0.3, 0.4) is 0 Å². The van der Waals surface area contributed by atoms with Crippen molar-refractivity contribution in [2.45, 2.75) is 32.3 Å². The number of aromatic nitrogens is 1. The molecule has 1 aromatic heterocycles. The number of benzene rings is 1. The molecule has 10 heteroatoms. The van der Waals surface area contributed by atoms with Crippen LogP contribution in [0.4, 0.5) is 8.78 Å². The zero-order chi connectivity index (χ0) is 20.9. The minimum absolute atomic E-state index is 0.0289. The molecule has 0 radical (unpaired) electrons. The van der Waals surface area contributed by atoms with Gasteiger partial charge in [0, 0.05) is 24.4 Å². The van der Waals surface area contributed by atoms with Gasteiger partial charge in [-0.3, -0.25) is 14.4 Å². The number of hydrogen-bond acceptors (Lipinski definition) is 5. The Kier molecular flexibility index (Phi) is 4.58. The van der Waals surface area contributed by atoms with E-state index >= 15 is 0 Å². The molecule has 4 rings (SSSR count). The molecule has 1 fully saturated rings. The van der Waals surface area contributed by atoms with Gasteiger partial charge in [0.1, 0.15) is 17.2 Å². The fraction of sp³-hybridized carbons (Fsp3) is 0.316. The van der Waals surface area contributed by atoms with Crippen LogP contribution in [0.15, 0.2) is 29.2 Å². The first-order valence-electron chi connectivity index (χ1n) is 8.90. The topological polar surface area (TPSA) is 101 Å². The largest absolute Gasteiger partial charge is 0.503 e. The number of carbonyl (C=O) groups excluding carboxylic acids is 2. The van der Waals surface area contributed by atoms with E-state index in [1.165, 1.54) is 21.7 Å². The molecule has 152 valence electrons. The highest BCUT2D eigenvalue weighted by atomic mass is 19.1. The van der Waals surface area contributed by atoms with Crippen LogP contribution >= 0.6 is 0 Å². The first-order valence-corrected chi connectivity index (χ1v) is 8.90. The molecule has 2 amide bonds. The smallest absolute Gasteiger partial charge is 0.276 e. The van der Waals surface area contributed by atoms with Crippen LogP contribution in [0, 0.1) is 11.6 Å². The Morgan fingerprint density at radius 3 is 2.83 bits per heavy atom. The molecule has 8 nitrogen and oxygen atoms in total. The van der Waals surface area contributed by atoms with Crippen molar-refractivity contribution in [3.8, 4) is 5.75 Å². The number of aromatic hydroxyl groups is 1. The summed E-state index contributed by atoms with van der Waals surface area (Å²) < 4.78 is 33.6. The molecular weight excluding hydrogens is 388 g/mol. The van der Waals surface area contributed by atoms with Crippen LogP contribution in [0.1, 0.15) is 33.3 Å². The molecule has 0 spiro atoms. The monoisotopic (exact) mass is 405 g/mol. The number of ether oxygens (including phenoxy) is 1. The molecule has 2 aliphatic heterocycles. The van der Waals surface area contributed by atoms with Gasteiger partial charge in [0.05, 0.1) is 19.2 Å². The number of halogens is 2. The van der Waals surface area contributed by atoms with Crippen molar-refractivity contribution in [3.63, 3.8) is 0 Å². The molecule has 29 heavy (non-hydrogen) atoms. The van der Waals surface area contributed by atoms with E-state index < -0.39 is 46.4 Å². The second-order valence-electron chi connectivity index (χ2n) is 6.99. The molecule has 0 aliphatic carbocycles. The molecule has 0 bridgehead atoms. The van der Waals surface area contributed by atoms with Gasteiger partial charge in [-0.05, 0) is 13.0 Å². The summed E-state index contributed by atoms with van der Waals surface area (Å²) in [5.74, 6) is -3.83. The maximum Gasteiger partial charge on any atom is 0.276 e. The average molecular weight is 405 g/mol. The summed E-state index contributed by atoms with van der Waals surface area (Å²) in [5.41, 5.74) is -1.58. The van der Waals surface area contributed by atoms with E-state index in [4.69, 9.17) is 4.74 Å². The van der Waals surface area contributed by atoms with Crippen molar-refractivity contribution in [2.75, 3.05) is 6.61 Å². The highest BCUT2D eigenvalue weighted by molar-refractivity contribution is 5.99.